The largest absolute Gasteiger partial charge is 0.464 e. The van der Waals surface area contributed by atoms with Gasteiger partial charge < -0.3 is 4.74 Å². The molecule has 0 saturated heterocycles. The maximum absolute atomic E-state index is 13.8. The maximum Gasteiger partial charge on any atom is 0.330 e. The highest BCUT2D eigenvalue weighted by Crippen LogP contribution is 2.34. The Kier molecular flexibility index (Phi) is 7.03. The third-order valence-electron chi connectivity index (χ3n) is 7.08. The highest BCUT2D eigenvalue weighted by atomic mass is 16.5. The summed E-state index contributed by atoms with van der Waals surface area (Å²) in [6.07, 6.45) is 3.44. The van der Waals surface area contributed by atoms with Crippen LogP contribution in [0.2, 0.25) is 0 Å². The SMILES string of the molecule is CCCc1c(Cc2ccc(-c3ccccc3)c(-c3nn[nH]n3)c2)c(=O)n2n1C(C(=O)OCC)CCC2C. The number of carbonyl (C=O) groups excluding carboxylic acids is 1. The van der Waals surface area contributed by atoms with Crippen LogP contribution in [0.3, 0.4) is 0 Å². The van der Waals surface area contributed by atoms with Gasteiger partial charge in [0, 0.05) is 23.2 Å². The molecule has 1 aliphatic heterocycles. The Morgan fingerprint density at radius 3 is 2.59 bits per heavy atom. The molecular weight excluding hydrogens is 468 g/mol. The molecule has 0 aliphatic carbocycles. The summed E-state index contributed by atoms with van der Waals surface area (Å²) in [5.41, 5.74) is 5.48. The zero-order valence-electron chi connectivity index (χ0n) is 21.5. The van der Waals surface area contributed by atoms with Crippen LogP contribution in [0.1, 0.15) is 68.9 Å². The number of carbonyl (C=O) groups is 1. The Hall–Kier alpha value is -4.01. The first-order chi connectivity index (χ1) is 18.0. The van der Waals surface area contributed by atoms with E-state index in [-0.39, 0.29) is 17.6 Å². The topological polar surface area (TPSA) is 108 Å². The minimum atomic E-state index is -0.477. The van der Waals surface area contributed by atoms with E-state index >= 15 is 0 Å². The number of nitrogens with one attached hydrogen (secondary N) is 1. The molecule has 192 valence electrons. The molecule has 0 radical (unpaired) electrons. The van der Waals surface area contributed by atoms with Crippen molar-refractivity contribution in [2.45, 2.75) is 65.0 Å². The second-order valence-electron chi connectivity index (χ2n) is 9.52. The van der Waals surface area contributed by atoms with Crippen LogP contribution in [-0.4, -0.2) is 42.6 Å². The van der Waals surface area contributed by atoms with Crippen LogP contribution in [0.4, 0.5) is 0 Å². The van der Waals surface area contributed by atoms with E-state index in [0.717, 1.165) is 46.4 Å². The van der Waals surface area contributed by atoms with Gasteiger partial charge in [0.15, 0.2) is 0 Å². The molecule has 9 heteroatoms. The number of aromatic amines is 1. The van der Waals surface area contributed by atoms with Crippen molar-refractivity contribution in [1.29, 1.82) is 0 Å². The molecule has 0 spiro atoms. The minimum Gasteiger partial charge on any atom is -0.464 e. The number of hydrogen-bond donors (Lipinski definition) is 1. The summed E-state index contributed by atoms with van der Waals surface area (Å²) in [5.74, 6) is 0.229. The van der Waals surface area contributed by atoms with E-state index in [2.05, 4.69) is 33.6 Å². The van der Waals surface area contributed by atoms with Crippen LogP contribution in [0.25, 0.3) is 22.5 Å². The van der Waals surface area contributed by atoms with Crippen LogP contribution in [0.5, 0.6) is 0 Å². The average molecular weight is 501 g/mol. The molecule has 0 fully saturated rings. The Bertz CT molecular complexity index is 1440. The highest BCUT2D eigenvalue weighted by Gasteiger charge is 2.35. The molecule has 0 amide bonds. The van der Waals surface area contributed by atoms with E-state index < -0.39 is 6.04 Å². The van der Waals surface area contributed by atoms with E-state index in [1.165, 1.54) is 0 Å². The van der Waals surface area contributed by atoms with Crippen molar-refractivity contribution in [3.05, 3.63) is 75.7 Å². The fourth-order valence-corrected chi connectivity index (χ4v) is 5.39. The Morgan fingerprint density at radius 1 is 1.08 bits per heavy atom. The van der Waals surface area contributed by atoms with Gasteiger partial charge in [-0.2, -0.15) is 5.21 Å². The van der Waals surface area contributed by atoms with E-state index in [9.17, 15) is 9.59 Å². The summed E-state index contributed by atoms with van der Waals surface area (Å²) >= 11 is 0. The van der Waals surface area contributed by atoms with Gasteiger partial charge in [-0.25, -0.2) is 9.48 Å². The molecule has 2 aromatic heterocycles. The third-order valence-corrected chi connectivity index (χ3v) is 7.08. The molecule has 4 aromatic rings. The predicted octanol–water partition coefficient (Wildman–Crippen LogP) is 4.50. The second kappa shape index (κ2) is 10.5. The third kappa shape index (κ3) is 4.61. The van der Waals surface area contributed by atoms with E-state index in [1.54, 1.807) is 4.68 Å². The lowest BCUT2D eigenvalue weighted by Gasteiger charge is -2.31. The number of hydrogen-bond acceptors (Lipinski definition) is 6. The van der Waals surface area contributed by atoms with Crippen LogP contribution in [0, 0.1) is 0 Å². The Morgan fingerprint density at radius 2 is 1.89 bits per heavy atom. The minimum absolute atomic E-state index is 0.0119. The Labute approximate surface area is 215 Å². The molecule has 2 aromatic carbocycles. The summed E-state index contributed by atoms with van der Waals surface area (Å²) in [7, 11) is 0. The number of H-pyrrole nitrogens is 1. The molecule has 2 unspecified atom stereocenters. The van der Waals surface area contributed by atoms with Crippen molar-refractivity contribution in [3.8, 4) is 22.5 Å². The molecule has 1 N–H and O–H groups in total. The first kappa shape index (κ1) is 24.7. The van der Waals surface area contributed by atoms with Crippen molar-refractivity contribution < 1.29 is 9.53 Å². The molecule has 0 saturated carbocycles. The lowest BCUT2D eigenvalue weighted by molar-refractivity contribution is -0.149. The smallest absolute Gasteiger partial charge is 0.330 e. The van der Waals surface area contributed by atoms with Gasteiger partial charge in [-0.3, -0.25) is 9.48 Å². The summed E-state index contributed by atoms with van der Waals surface area (Å²) in [4.78, 5) is 26.7. The molecule has 9 nitrogen and oxygen atoms in total. The number of fused-ring (bicyclic) bond motifs is 1. The van der Waals surface area contributed by atoms with Crippen molar-refractivity contribution in [1.82, 2.24) is 30.0 Å². The normalized spacial score (nSPS) is 16.9. The van der Waals surface area contributed by atoms with Crippen molar-refractivity contribution >= 4 is 5.97 Å². The van der Waals surface area contributed by atoms with E-state index in [4.69, 9.17) is 4.74 Å². The van der Waals surface area contributed by atoms with Gasteiger partial charge in [0.05, 0.1) is 12.6 Å². The van der Waals surface area contributed by atoms with E-state index in [1.807, 2.05) is 61.0 Å². The Balaban J connectivity index is 1.61. The number of rotatable bonds is 8. The van der Waals surface area contributed by atoms with Crippen molar-refractivity contribution in [3.63, 3.8) is 0 Å². The number of esters is 1. The van der Waals surface area contributed by atoms with Crippen molar-refractivity contribution in [2.24, 2.45) is 0 Å². The van der Waals surface area contributed by atoms with Gasteiger partial charge in [-0.1, -0.05) is 55.8 Å². The molecule has 5 rings (SSSR count). The number of benzene rings is 2. The predicted molar refractivity (Wildman–Crippen MR) is 140 cm³/mol. The number of aromatic nitrogens is 6. The van der Waals surface area contributed by atoms with Gasteiger partial charge in [0.25, 0.3) is 5.56 Å². The fourth-order valence-electron chi connectivity index (χ4n) is 5.39. The van der Waals surface area contributed by atoms with Crippen LogP contribution in [-0.2, 0) is 22.4 Å². The number of nitrogens with zero attached hydrogens (tertiary/aromatic N) is 5. The van der Waals surface area contributed by atoms with Crippen molar-refractivity contribution in [2.75, 3.05) is 6.61 Å². The van der Waals surface area contributed by atoms with Gasteiger partial charge in [-0.15, -0.1) is 10.2 Å². The lowest BCUT2D eigenvalue weighted by atomic mass is 9.94. The van der Waals surface area contributed by atoms with Crippen LogP contribution in [0.15, 0.2) is 53.3 Å². The lowest BCUT2D eigenvalue weighted by Crippen LogP contribution is -2.37. The maximum atomic E-state index is 13.8. The van der Waals surface area contributed by atoms with Gasteiger partial charge in [0.2, 0.25) is 5.82 Å². The first-order valence-corrected chi connectivity index (χ1v) is 13.0. The standard InChI is InChI=1S/C28H32N6O3/c1-4-9-24-23(27(35)33-18(3)12-15-25(34(24)33)28(36)37-5-2)17-19-13-14-21(20-10-7-6-8-11-20)22(16-19)26-29-31-32-30-26/h6-8,10-11,13-14,16,18,25H,4-5,9,12,15,17H2,1-3H3,(H,29,30,31,32). The summed E-state index contributed by atoms with van der Waals surface area (Å²) in [6.45, 7) is 6.26. The molecule has 2 atom stereocenters. The summed E-state index contributed by atoms with van der Waals surface area (Å²) < 4.78 is 9.11. The second-order valence-corrected chi connectivity index (χ2v) is 9.52. The number of tetrazole rings is 1. The zero-order chi connectivity index (χ0) is 25.9. The molecular formula is C28H32N6O3. The monoisotopic (exact) mass is 500 g/mol. The van der Waals surface area contributed by atoms with Gasteiger partial charge >= 0.3 is 5.97 Å². The summed E-state index contributed by atoms with van der Waals surface area (Å²) in [6, 6.07) is 15.7. The molecule has 3 heterocycles. The summed E-state index contributed by atoms with van der Waals surface area (Å²) in [5, 5.41) is 14.8. The van der Waals surface area contributed by atoms with Crippen LogP contribution < -0.4 is 5.56 Å². The molecule has 1 aliphatic rings. The molecule has 37 heavy (non-hydrogen) atoms. The average Bonchev–Trinajstić information content (AvgIpc) is 3.54. The van der Waals surface area contributed by atoms with E-state index in [0.29, 0.717) is 31.7 Å². The highest BCUT2D eigenvalue weighted by molar-refractivity contribution is 5.81. The van der Waals surface area contributed by atoms with Gasteiger partial charge in [0.1, 0.15) is 6.04 Å². The molecule has 0 bridgehead atoms. The fraction of sp³-hybridized carbons (Fsp3) is 0.393. The van der Waals surface area contributed by atoms with Gasteiger partial charge in [-0.05, 0) is 61.1 Å². The first-order valence-electron chi connectivity index (χ1n) is 13.0. The number of ether oxygens (including phenoxy) is 1. The van der Waals surface area contributed by atoms with Crippen LogP contribution >= 0.6 is 0 Å². The quantitative estimate of drug-likeness (QED) is 0.357. The zero-order valence-corrected chi connectivity index (χ0v) is 21.5.